The lowest BCUT2D eigenvalue weighted by Gasteiger charge is -1.96. The predicted octanol–water partition coefficient (Wildman–Crippen LogP) is -0.0205. The maximum Gasteiger partial charge on any atom is 0.205 e. The molecule has 0 spiro atoms. The SMILES string of the molecule is CC(=O)C(C)C(=O)C=O. The molecule has 3 nitrogen and oxygen atoms in total. The zero-order valence-electron chi connectivity index (χ0n) is 5.38. The number of ketones is 2. The minimum absolute atomic E-state index is 0.173. The number of carbonyl (C=O) groups is 3. The summed E-state index contributed by atoms with van der Waals surface area (Å²) in [6.07, 6.45) is 0.173. The van der Waals surface area contributed by atoms with Gasteiger partial charge in [-0.15, -0.1) is 0 Å². The molecule has 50 valence electrons. The van der Waals surface area contributed by atoms with Gasteiger partial charge in [-0.05, 0) is 13.8 Å². The number of Topliss-reactive ketones (excluding diaryl/α,β-unsaturated/α-hetero) is 2. The van der Waals surface area contributed by atoms with Gasteiger partial charge >= 0.3 is 0 Å². The van der Waals surface area contributed by atoms with Crippen LogP contribution in [0.25, 0.3) is 0 Å². The van der Waals surface area contributed by atoms with E-state index < -0.39 is 11.7 Å². The van der Waals surface area contributed by atoms with Crippen LogP contribution in [-0.4, -0.2) is 17.9 Å². The second-order valence-corrected chi connectivity index (χ2v) is 1.85. The first-order valence-corrected chi connectivity index (χ1v) is 2.59. The molecule has 0 aromatic heterocycles. The molecule has 0 bridgehead atoms. The third-order valence-electron chi connectivity index (χ3n) is 1.15. The van der Waals surface area contributed by atoms with Crippen molar-refractivity contribution < 1.29 is 14.4 Å². The molecule has 0 aliphatic carbocycles. The standard InChI is InChI=1S/C6H8O3/c1-4(5(2)8)6(9)3-7/h3-4H,1-2H3. The van der Waals surface area contributed by atoms with Crippen LogP contribution in [0.15, 0.2) is 0 Å². The largest absolute Gasteiger partial charge is 0.299 e. The Balaban J connectivity index is 4.03. The zero-order valence-corrected chi connectivity index (χ0v) is 5.38. The quantitative estimate of drug-likeness (QED) is 0.305. The summed E-state index contributed by atoms with van der Waals surface area (Å²) < 4.78 is 0. The Morgan fingerprint density at radius 1 is 1.44 bits per heavy atom. The van der Waals surface area contributed by atoms with Crippen LogP contribution in [0.1, 0.15) is 13.8 Å². The fourth-order valence-corrected chi connectivity index (χ4v) is 0.302. The minimum atomic E-state index is -0.762. The van der Waals surface area contributed by atoms with Crippen molar-refractivity contribution in [2.24, 2.45) is 5.92 Å². The molecular weight excluding hydrogens is 120 g/mol. The smallest absolute Gasteiger partial charge is 0.205 e. The van der Waals surface area contributed by atoms with E-state index >= 15 is 0 Å². The van der Waals surface area contributed by atoms with Gasteiger partial charge in [0.15, 0.2) is 6.29 Å². The average molecular weight is 128 g/mol. The lowest BCUT2D eigenvalue weighted by atomic mass is 10.0. The second-order valence-electron chi connectivity index (χ2n) is 1.85. The Hall–Kier alpha value is -0.990. The highest BCUT2D eigenvalue weighted by atomic mass is 16.2. The third kappa shape index (κ3) is 2.17. The average Bonchev–Trinajstić information content (AvgIpc) is 1.84. The van der Waals surface area contributed by atoms with Crippen LogP contribution in [0.5, 0.6) is 0 Å². The first kappa shape index (κ1) is 8.01. The van der Waals surface area contributed by atoms with Gasteiger partial charge < -0.3 is 0 Å². The topological polar surface area (TPSA) is 51.2 Å². The summed E-state index contributed by atoms with van der Waals surface area (Å²) in [7, 11) is 0. The molecule has 0 aromatic rings. The molecule has 3 heteroatoms. The Kier molecular flexibility index (Phi) is 2.78. The van der Waals surface area contributed by atoms with Crippen LogP contribution in [0, 0.1) is 5.92 Å². The number of carbonyl (C=O) groups excluding carboxylic acids is 3. The van der Waals surface area contributed by atoms with E-state index in [1.807, 2.05) is 0 Å². The summed E-state index contributed by atoms with van der Waals surface area (Å²) in [5.74, 6) is -1.68. The van der Waals surface area contributed by atoms with Crippen molar-refractivity contribution in [3.8, 4) is 0 Å². The molecule has 0 heterocycles. The van der Waals surface area contributed by atoms with Crippen molar-refractivity contribution in [3.05, 3.63) is 0 Å². The van der Waals surface area contributed by atoms with Gasteiger partial charge in [0, 0.05) is 0 Å². The molecular formula is C6H8O3. The molecule has 0 fully saturated rings. The number of aldehydes is 1. The summed E-state index contributed by atoms with van der Waals surface area (Å²) in [4.78, 5) is 30.5. The van der Waals surface area contributed by atoms with Gasteiger partial charge in [-0.3, -0.25) is 14.4 Å². The van der Waals surface area contributed by atoms with Crippen LogP contribution < -0.4 is 0 Å². The Labute approximate surface area is 53.0 Å². The van der Waals surface area contributed by atoms with Crippen molar-refractivity contribution in [3.63, 3.8) is 0 Å². The first-order chi connectivity index (χ1) is 4.09. The number of hydrogen-bond acceptors (Lipinski definition) is 3. The normalized spacial score (nSPS) is 12.2. The zero-order chi connectivity index (χ0) is 7.44. The van der Waals surface area contributed by atoms with Crippen LogP contribution in [0.3, 0.4) is 0 Å². The highest BCUT2D eigenvalue weighted by molar-refractivity contribution is 6.30. The van der Waals surface area contributed by atoms with Crippen LogP contribution >= 0.6 is 0 Å². The first-order valence-electron chi connectivity index (χ1n) is 2.59. The van der Waals surface area contributed by atoms with Crippen molar-refractivity contribution >= 4 is 17.9 Å². The van der Waals surface area contributed by atoms with Crippen molar-refractivity contribution in [1.29, 1.82) is 0 Å². The third-order valence-corrected chi connectivity index (χ3v) is 1.15. The van der Waals surface area contributed by atoms with Gasteiger partial charge in [-0.25, -0.2) is 0 Å². The highest BCUT2D eigenvalue weighted by Gasteiger charge is 2.15. The van der Waals surface area contributed by atoms with E-state index in [9.17, 15) is 14.4 Å². The van der Waals surface area contributed by atoms with Crippen LogP contribution in [0.2, 0.25) is 0 Å². The van der Waals surface area contributed by atoms with Gasteiger partial charge in [-0.2, -0.15) is 0 Å². The summed E-state index contributed by atoms with van der Waals surface area (Å²) in [5, 5.41) is 0. The number of hydrogen-bond donors (Lipinski definition) is 0. The van der Waals surface area contributed by atoms with Gasteiger partial charge in [0.05, 0.1) is 5.92 Å². The van der Waals surface area contributed by atoms with E-state index in [4.69, 9.17) is 0 Å². The van der Waals surface area contributed by atoms with E-state index in [0.29, 0.717) is 0 Å². The molecule has 1 atom stereocenters. The molecule has 1 unspecified atom stereocenters. The molecule has 0 aliphatic heterocycles. The van der Waals surface area contributed by atoms with Gasteiger partial charge in [-0.1, -0.05) is 0 Å². The summed E-state index contributed by atoms with van der Waals surface area (Å²) in [6, 6.07) is 0. The minimum Gasteiger partial charge on any atom is -0.299 e. The van der Waals surface area contributed by atoms with Crippen LogP contribution in [-0.2, 0) is 14.4 Å². The Bertz CT molecular complexity index is 148. The molecule has 0 rings (SSSR count). The van der Waals surface area contributed by atoms with Gasteiger partial charge in [0.1, 0.15) is 5.78 Å². The monoisotopic (exact) mass is 128 g/mol. The predicted molar refractivity (Wildman–Crippen MR) is 30.9 cm³/mol. The van der Waals surface area contributed by atoms with E-state index in [2.05, 4.69) is 0 Å². The molecule has 0 saturated heterocycles. The maximum absolute atomic E-state index is 10.4. The molecule has 0 aliphatic rings. The Morgan fingerprint density at radius 2 is 1.89 bits per heavy atom. The summed E-state index contributed by atoms with van der Waals surface area (Å²) >= 11 is 0. The maximum atomic E-state index is 10.4. The van der Waals surface area contributed by atoms with E-state index in [0.717, 1.165) is 0 Å². The number of rotatable bonds is 3. The van der Waals surface area contributed by atoms with Gasteiger partial charge in [0.25, 0.3) is 0 Å². The molecule has 9 heavy (non-hydrogen) atoms. The van der Waals surface area contributed by atoms with Gasteiger partial charge in [0.2, 0.25) is 5.78 Å². The molecule has 0 amide bonds. The van der Waals surface area contributed by atoms with Crippen molar-refractivity contribution in [2.45, 2.75) is 13.8 Å². The molecule has 0 saturated carbocycles. The van der Waals surface area contributed by atoms with Crippen molar-refractivity contribution in [1.82, 2.24) is 0 Å². The lowest BCUT2D eigenvalue weighted by Crippen LogP contribution is -2.18. The van der Waals surface area contributed by atoms with E-state index in [1.165, 1.54) is 13.8 Å². The summed E-state index contributed by atoms with van der Waals surface area (Å²) in [6.45, 7) is 2.70. The summed E-state index contributed by atoms with van der Waals surface area (Å²) in [5.41, 5.74) is 0. The Morgan fingerprint density at radius 3 is 2.00 bits per heavy atom. The fraction of sp³-hybridized carbons (Fsp3) is 0.500. The fourth-order valence-electron chi connectivity index (χ4n) is 0.302. The van der Waals surface area contributed by atoms with E-state index in [-0.39, 0.29) is 12.1 Å². The molecule has 0 aromatic carbocycles. The lowest BCUT2D eigenvalue weighted by molar-refractivity contribution is -0.136. The van der Waals surface area contributed by atoms with Crippen molar-refractivity contribution in [2.75, 3.05) is 0 Å². The molecule has 0 radical (unpaired) electrons. The second kappa shape index (κ2) is 3.12. The van der Waals surface area contributed by atoms with Crippen LogP contribution in [0.4, 0.5) is 0 Å². The highest BCUT2D eigenvalue weighted by Crippen LogP contribution is 1.94. The van der Waals surface area contributed by atoms with E-state index in [1.54, 1.807) is 0 Å². The molecule has 0 N–H and O–H groups in total.